The van der Waals surface area contributed by atoms with Crippen molar-refractivity contribution in [1.82, 2.24) is 10.3 Å². The number of carbonyl (C=O) groups is 1. The van der Waals surface area contributed by atoms with Gasteiger partial charge in [0.15, 0.2) is 6.61 Å². The van der Waals surface area contributed by atoms with Crippen LogP contribution in [-0.4, -0.2) is 17.5 Å². The van der Waals surface area contributed by atoms with Gasteiger partial charge in [0.2, 0.25) is 0 Å². The molecule has 1 aromatic heterocycles. The highest BCUT2D eigenvalue weighted by atomic mass is 79.9. The summed E-state index contributed by atoms with van der Waals surface area (Å²) >= 11 is 3.17. The normalized spacial score (nSPS) is 10.1. The minimum atomic E-state index is -0.370. The van der Waals surface area contributed by atoms with Gasteiger partial charge in [-0.25, -0.2) is 4.39 Å². The topological polar surface area (TPSA) is 51.2 Å². The second-order valence-corrected chi connectivity index (χ2v) is 4.86. The SMILES string of the molecule is O=C(COc1ccc(F)cc1Br)NCc1cccnc1. The maximum atomic E-state index is 12.9. The molecule has 0 saturated carbocycles. The molecule has 0 bridgehead atoms. The summed E-state index contributed by atoms with van der Waals surface area (Å²) in [6.07, 6.45) is 3.35. The molecule has 1 heterocycles. The number of rotatable bonds is 5. The molecule has 20 heavy (non-hydrogen) atoms. The number of aromatic nitrogens is 1. The first-order chi connectivity index (χ1) is 9.65. The number of carbonyl (C=O) groups excluding carboxylic acids is 1. The summed E-state index contributed by atoms with van der Waals surface area (Å²) in [5.41, 5.74) is 0.906. The van der Waals surface area contributed by atoms with Crippen LogP contribution >= 0.6 is 15.9 Å². The molecule has 6 heteroatoms. The molecule has 0 aliphatic rings. The van der Waals surface area contributed by atoms with Crippen molar-refractivity contribution in [2.24, 2.45) is 0 Å². The fourth-order valence-electron chi connectivity index (χ4n) is 1.49. The number of nitrogens with zero attached hydrogens (tertiary/aromatic N) is 1. The summed E-state index contributed by atoms with van der Waals surface area (Å²) in [7, 11) is 0. The van der Waals surface area contributed by atoms with Crippen LogP contribution in [0, 0.1) is 5.82 Å². The van der Waals surface area contributed by atoms with Crippen molar-refractivity contribution in [3.8, 4) is 5.75 Å². The molecule has 1 amide bonds. The monoisotopic (exact) mass is 338 g/mol. The Morgan fingerprint density at radius 2 is 2.25 bits per heavy atom. The minimum absolute atomic E-state index is 0.134. The second-order valence-electron chi connectivity index (χ2n) is 4.00. The van der Waals surface area contributed by atoms with Crippen LogP contribution in [0.5, 0.6) is 5.75 Å². The van der Waals surface area contributed by atoms with Gasteiger partial charge in [-0.1, -0.05) is 6.07 Å². The zero-order valence-electron chi connectivity index (χ0n) is 10.5. The number of hydrogen-bond donors (Lipinski definition) is 1. The molecule has 0 saturated heterocycles. The van der Waals surface area contributed by atoms with E-state index in [1.165, 1.54) is 18.2 Å². The summed E-state index contributed by atoms with van der Waals surface area (Å²) in [5.74, 6) is -0.210. The maximum absolute atomic E-state index is 12.9. The second kappa shape index (κ2) is 7.00. The van der Waals surface area contributed by atoms with E-state index in [1.807, 2.05) is 6.07 Å². The Labute approximate surface area is 124 Å². The molecule has 0 aliphatic heterocycles. The highest BCUT2D eigenvalue weighted by molar-refractivity contribution is 9.10. The molecular formula is C14H12BrFN2O2. The van der Waals surface area contributed by atoms with Crippen LogP contribution in [-0.2, 0) is 11.3 Å². The molecule has 1 N–H and O–H groups in total. The van der Waals surface area contributed by atoms with E-state index in [4.69, 9.17) is 4.74 Å². The molecule has 0 atom stereocenters. The quantitative estimate of drug-likeness (QED) is 0.911. The fourth-order valence-corrected chi connectivity index (χ4v) is 1.96. The lowest BCUT2D eigenvalue weighted by molar-refractivity contribution is -0.123. The van der Waals surface area contributed by atoms with Gasteiger partial charge in [0.1, 0.15) is 11.6 Å². The summed E-state index contributed by atoms with van der Waals surface area (Å²) in [6, 6.07) is 7.68. The summed E-state index contributed by atoms with van der Waals surface area (Å²) in [4.78, 5) is 15.6. The minimum Gasteiger partial charge on any atom is -0.483 e. The third-order valence-corrected chi connectivity index (χ3v) is 3.08. The van der Waals surface area contributed by atoms with Crippen LogP contribution in [0.1, 0.15) is 5.56 Å². The van der Waals surface area contributed by atoms with Crippen LogP contribution in [0.2, 0.25) is 0 Å². The highest BCUT2D eigenvalue weighted by Gasteiger charge is 2.06. The average molecular weight is 339 g/mol. The van der Waals surface area contributed by atoms with Crippen LogP contribution < -0.4 is 10.1 Å². The first-order valence-electron chi connectivity index (χ1n) is 5.88. The smallest absolute Gasteiger partial charge is 0.258 e. The summed E-state index contributed by atoms with van der Waals surface area (Å²) in [6.45, 7) is 0.255. The van der Waals surface area contributed by atoms with E-state index in [-0.39, 0.29) is 18.3 Å². The van der Waals surface area contributed by atoms with Crippen molar-refractivity contribution in [3.05, 3.63) is 58.6 Å². The van der Waals surface area contributed by atoms with Crippen molar-refractivity contribution in [2.45, 2.75) is 6.54 Å². The Balaban J connectivity index is 1.80. The highest BCUT2D eigenvalue weighted by Crippen LogP contribution is 2.25. The van der Waals surface area contributed by atoms with Gasteiger partial charge in [-0.05, 0) is 45.8 Å². The Morgan fingerprint density at radius 3 is 2.95 bits per heavy atom. The van der Waals surface area contributed by atoms with Crippen molar-refractivity contribution >= 4 is 21.8 Å². The van der Waals surface area contributed by atoms with Gasteiger partial charge in [-0.3, -0.25) is 9.78 Å². The van der Waals surface area contributed by atoms with Gasteiger partial charge in [-0.2, -0.15) is 0 Å². The molecule has 2 aromatic rings. The van der Waals surface area contributed by atoms with E-state index in [1.54, 1.807) is 18.5 Å². The predicted molar refractivity (Wildman–Crippen MR) is 75.7 cm³/mol. The predicted octanol–water partition coefficient (Wildman–Crippen LogP) is 2.68. The van der Waals surface area contributed by atoms with Crippen LogP contribution in [0.25, 0.3) is 0 Å². The van der Waals surface area contributed by atoms with E-state index >= 15 is 0 Å². The lowest BCUT2D eigenvalue weighted by atomic mass is 10.3. The first-order valence-corrected chi connectivity index (χ1v) is 6.68. The Morgan fingerprint density at radius 1 is 1.40 bits per heavy atom. The van der Waals surface area contributed by atoms with E-state index < -0.39 is 0 Å². The van der Waals surface area contributed by atoms with Gasteiger partial charge >= 0.3 is 0 Å². The molecule has 0 unspecified atom stereocenters. The Kier molecular flexibility index (Phi) is 5.06. The largest absolute Gasteiger partial charge is 0.483 e. The number of halogens is 2. The summed E-state index contributed by atoms with van der Waals surface area (Å²) < 4.78 is 18.7. The van der Waals surface area contributed by atoms with E-state index in [9.17, 15) is 9.18 Å². The molecular weight excluding hydrogens is 327 g/mol. The van der Waals surface area contributed by atoms with Crippen LogP contribution in [0.3, 0.4) is 0 Å². The number of hydrogen-bond acceptors (Lipinski definition) is 3. The maximum Gasteiger partial charge on any atom is 0.258 e. The molecule has 4 nitrogen and oxygen atoms in total. The van der Waals surface area contributed by atoms with Crippen LogP contribution in [0.15, 0.2) is 47.2 Å². The zero-order valence-corrected chi connectivity index (χ0v) is 12.1. The number of nitrogens with one attached hydrogen (secondary N) is 1. The standard InChI is InChI=1S/C14H12BrFN2O2/c15-12-6-11(16)3-4-13(12)20-9-14(19)18-8-10-2-1-5-17-7-10/h1-7H,8-9H2,(H,18,19). The number of amides is 1. The van der Waals surface area contributed by atoms with Gasteiger partial charge in [-0.15, -0.1) is 0 Å². The average Bonchev–Trinajstić information content (AvgIpc) is 2.45. The fraction of sp³-hybridized carbons (Fsp3) is 0.143. The van der Waals surface area contributed by atoms with Crippen LogP contribution in [0.4, 0.5) is 4.39 Å². The number of pyridine rings is 1. The van der Waals surface area contributed by atoms with E-state index in [0.717, 1.165) is 5.56 Å². The van der Waals surface area contributed by atoms with Gasteiger partial charge in [0.25, 0.3) is 5.91 Å². The third kappa shape index (κ3) is 4.31. The van der Waals surface area contributed by atoms with Gasteiger partial charge < -0.3 is 10.1 Å². The lowest BCUT2D eigenvalue weighted by Crippen LogP contribution is -2.28. The van der Waals surface area contributed by atoms with E-state index in [2.05, 4.69) is 26.2 Å². The van der Waals surface area contributed by atoms with Crippen molar-refractivity contribution in [2.75, 3.05) is 6.61 Å². The van der Waals surface area contributed by atoms with Gasteiger partial charge in [0, 0.05) is 18.9 Å². The number of benzene rings is 1. The molecule has 104 valence electrons. The van der Waals surface area contributed by atoms with E-state index in [0.29, 0.717) is 16.8 Å². The zero-order chi connectivity index (χ0) is 14.4. The summed E-state index contributed by atoms with van der Waals surface area (Å²) in [5, 5.41) is 2.71. The van der Waals surface area contributed by atoms with Crippen molar-refractivity contribution < 1.29 is 13.9 Å². The molecule has 2 rings (SSSR count). The molecule has 0 fully saturated rings. The molecule has 1 aromatic carbocycles. The molecule has 0 spiro atoms. The van der Waals surface area contributed by atoms with Gasteiger partial charge in [0.05, 0.1) is 4.47 Å². The lowest BCUT2D eigenvalue weighted by Gasteiger charge is -2.08. The molecule has 0 aliphatic carbocycles. The van der Waals surface area contributed by atoms with Crippen molar-refractivity contribution in [3.63, 3.8) is 0 Å². The first kappa shape index (κ1) is 14.5. The van der Waals surface area contributed by atoms with Crippen molar-refractivity contribution in [1.29, 1.82) is 0 Å². The number of ether oxygens (including phenoxy) is 1. The Hall–Kier alpha value is -1.95. The third-order valence-electron chi connectivity index (χ3n) is 2.47. The molecule has 0 radical (unpaired) electrons. The Bertz CT molecular complexity index is 593.